The molecular weight excluding hydrogens is 302 g/mol. The summed E-state index contributed by atoms with van der Waals surface area (Å²) in [6.07, 6.45) is 0. The van der Waals surface area contributed by atoms with E-state index in [1.54, 1.807) is 24.3 Å². The van der Waals surface area contributed by atoms with Crippen LogP contribution in [0.3, 0.4) is 0 Å². The highest BCUT2D eigenvalue weighted by molar-refractivity contribution is 7.98. The van der Waals surface area contributed by atoms with Gasteiger partial charge in [-0.15, -0.1) is 0 Å². The first-order valence-electron chi connectivity index (χ1n) is 6.83. The molecule has 0 saturated carbocycles. The van der Waals surface area contributed by atoms with Crippen LogP contribution in [-0.2, 0) is 5.75 Å². The normalized spacial score (nSPS) is 10.4. The second kappa shape index (κ2) is 8.11. The smallest absolute Gasteiger partial charge is 0.251 e. The van der Waals surface area contributed by atoms with Gasteiger partial charge in [0.2, 0.25) is 0 Å². The van der Waals surface area contributed by atoms with Gasteiger partial charge in [0.15, 0.2) is 0 Å². The van der Waals surface area contributed by atoms with Crippen LogP contribution in [0.1, 0.15) is 21.5 Å². The average molecular weight is 320 g/mol. The van der Waals surface area contributed by atoms with E-state index in [2.05, 4.69) is 36.5 Å². The highest BCUT2D eigenvalue weighted by Gasteiger charge is 2.04. The standard InChI is InChI=1S/C17H18ClNOS/c1-13-4-2-3-5-15(13)12-21-11-10-19-17(20)14-6-8-16(18)9-7-14/h2-9H,10-12H2,1H3,(H,19,20). The quantitative estimate of drug-likeness (QED) is 0.804. The van der Waals surface area contributed by atoms with Crippen LogP contribution in [0.25, 0.3) is 0 Å². The Morgan fingerprint density at radius 1 is 1.14 bits per heavy atom. The molecule has 4 heteroatoms. The van der Waals surface area contributed by atoms with E-state index in [1.807, 2.05) is 11.8 Å². The Labute approximate surface area is 134 Å². The van der Waals surface area contributed by atoms with Gasteiger partial charge in [0, 0.05) is 28.6 Å². The number of halogens is 1. The van der Waals surface area contributed by atoms with Crippen LogP contribution in [0, 0.1) is 6.92 Å². The lowest BCUT2D eigenvalue weighted by Gasteiger charge is -2.07. The van der Waals surface area contributed by atoms with Crippen LogP contribution in [0.5, 0.6) is 0 Å². The van der Waals surface area contributed by atoms with Gasteiger partial charge in [-0.05, 0) is 42.3 Å². The Balaban J connectivity index is 1.69. The molecule has 21 heavy (non-hydrogen) atoms. The fraction of sp³-hybridized carbons (Fsp3) is 0.235. The molecule has 2 rings (SSSR count). The molecule has 0 unspecified atom stereocenters. The van der Waals surface area contributed by atoms with Crippen LogP contribution in [0.2, 0.25) is 5.02 Å². The fourth-order valence-electron chi connectivity index (χ4n) is 1.89. The third-order valence-electron chi connectivity index (χ3n) is 3.16. The number of amides is 1. The lowest BCUT2D eigenvalue weighted by atomic mass is 10.1. The topological polar surface area (TPSA) is 29.1 Å². The molecule has 0 aliphatic heterocycles. The van der Waals surface area contributed by atoms with E-state index in [-0.39, 0.29) is 5.91 Å². The summed E-state index contributed by atoms with van der Waals surface area (Å²) in [6, 6.07) is 15.3. The maximum Gasteiger partial charge on any atom is 0.251 e. The van der Waals surface area contributed by atoms with Gasteiger partial charge in [-0.25, -0.2) is 0 Å². The van der Waals surface area contributed by atoms with Crippen molar-refractivity contribution in [2.75, 3.05) is 12.3 Å². The molecule has 0 radical (unpaired) electrons. The lowest BCUT2D eigenvalue weighted by Crippen LogP contribution is -2.25. The number of carbonyl (C=O) groups excluding carboxylic acids is 1. The van der Waals surface area contributed by atoms with Crippen molar-refractivity contribution in [1.82, 2.24) is 5.32 Å². The lowest BCUT2D eigenvalue weighted by molar-refractivity contribution is 0.0956. The van der Waals surface area contributed by atoms with Crippen molar-refractivity contribution < 1.29 is 4.79 Å². The highest BCUT2D eigenvalue weighted by atomic mass is 35.5. The molecule has 110 valence electrons. The predicted molar refractivity (Wildman–Crippen MR) is 91.1 cm³/mol. The van der Waals surface area contributed by atoms with Crippen LogP contribution < -0.4 is 5.32 Å². The van der Waals surface area contributed by atoms with Gasteiger partial charge < -0.3 is 5.32 Å². The molecule has 1 amide bonds. The van der Waals surface area contributed by atoms with E-state index < -0.39 is 0 Å². The number of rotatable bonds is 6. The second-order valence-electron chi connectivity index (χ2n) is 4.74. The number of aryl methyl sites for hydroxylation is 1. The fourth-order valence-corrected chi connectivity index (χ4v) is 2.95. The third kappa shape index (κ3) is 5.10. The summed E-state index contributed by atoms with van der Waals surface area (Å²) in [5.41, 5.74) is 3.31. The Morgan fingerprint density at radius 3 is 2.57 bits per heavy atom. The molecule has 0 heterocycles. The zero-order valence-electron chi connectivity index (χ0n) is 11.9. The van der Waals surface area contributed by atoms with Crippen molar-refractivity contribution in [3.63, 3.8) is 0 Å². The maximum atomic E-state index is 11.9. The minimum absolute atomic E-state index is 0.0526. The van der Waals surface area contributed by atoms with Crippen LogP contribution >= 0.6 is 23.4 Å². The molecule has 1 N–H and O–H groups in total. The number of thioether (sulfide) groups is 1. The van der Waals surface area contributed by atoms with Gasteiger partial charge in [-0.2, -0.15) is 11.8 Å². The van der Waals surface area contributed by atoms with Gasteiger partial charge in [0.1, 0.15) is 0 Å². The third-order valence-corrected chi connectivity index (χ3v) is 4.42. The number of benzene rings is 2. The number of hydrogen-bond acceptors (Lipinski definition) is 2. The van der Waals surface area contributed by atoms with Crippen molar-refractivity contribution in [3.8, 4) is 0 Å². The first-order chi connectivity index (χ1) is 10.2. The summed E-state index contributed by atoms with van der Waals surface area (Å²) in [5, 5.41) is 3.56. The van der Waals surface area contributed by atoms with E-state index in [4.69, 9.17) is 11.6 Å². The molecule has 2 nitrogen and oxygen atoms in total. The number of hydrogen-bond donors (Lipinski definition) is 1. The minimum Gasteiger partial charge on any atom is -0.351 e. The van der Waals surface area contributed by atoms with E-state index in [0.717, 1.165) is 11.5 Å². The molecule has 2 aromatic carbocycles. The maximum absolute atomic E-state index is 11.9. The van der Waals surface area contributed by atoms with Gasteiger partial charge in [-0.3, -0.25) is 4.79 Å². The molecule has 0 saturated heterocycles. The van der Waals surface area contributed by atoms with Crippen molar-refractivity contribution >= 4 is 29.3 Å². The Morgan fingerprint density at radius 2 is 1.86 bits per heavy atom. The van der Waals surface area contributed by atoms with Crippen LogP contribution in [0.15, 0.2) is 48.5 Å². The number of nitrogens with one attached hydrogen (secondary N) is 1. The van der Waals surface area contributed by atoms with Crippen molar-refractivity contribution in [3.05, 3.63) is 70.2 Å². The van der Waals surface area contributed by atoms with Gasteiger partial charge in [-0.1, -0.05) is 35.9 Å². The summed E-state index contributed by atoms with van der Waals surface area (Å²) in [4.78, 5) is 11.9. The number of carbonyl (C=O) groups is 1. The molecule has 0 bridgehead atoms. The largest absolute Gasteiger partial charge is 0.351 e. The molecule has 0 spiro atoms. The summed E-state index contributed by atoms with van der Waals surface area (Å²) in [6.45, 7) is 2.79. The summed E-state index contributed by atoms with van der Waals surface area (Å²) < 4.78 is 0. The zero-order chi connectivity index (χ0) is 15.1. The Bertz CT molecular complexity index is 598. The van der Waals surface area contributed by atoms with Gasteiger partial charge in [0.05, 0.1) is 0 Å². The van der Waals surface area contributed by atoms with E-state index in [1.165, 1.54) is 11.1 Å². The van der Waals surface area contributed by atoms with Gasteiger partial charge >= 0.3 is 0 Å². The van der Waals surface area contributed by atoms with Crippen molar-refractivity contribution in [1.29, 1.82) is 0 Å². The van der Waals surface area contributed by atoms with E-state index >= 15 is 0 Å². The molecule has 2 aromatic rings. The SMILES string of the molecule is Cc1ccccc1CSCCNC(=O)c1ccc(Cl)cc1. The molecule has 0 aliphatic rings. The van der Waals surface area contributed by atoms with E-state index in [9.17, 15) is 4.79 Å². The predicted octanol–water partition coefficient (Wildman–Crippen LogP) is 4.31. The zero-order valence-corrected chi connectivity index (χ0v) is 13.5. The highest BCUT2D eigenvalue weighted by Crippen LogP contribution is 2.15. The van der Waals surface area contributed by atoms with E-state index in [0.29, 0.717) is 17.1 Å². The first kappa shape index (κ1) is 15.9. The summed E-state index contributed by atoms with van der Waals surface area (Å²) in [7, 11) is 0. The molecule has 0 aromatic heterocycles. The molecular formula is C17H18ClNOS. The Hall–Kier alpha value is -1.45. The van der Waals surface area contributed by atoms with Gasteiger partial charge in [0.25, 0.3) is 5.91 Å². The molecule has 0 fully saturated rings. The minimum atomic E-state index is -0.0526. The second-order valence-corrected chi connectivity index (χ2v) is 6.28. The first-order valence-corrected chi connectivity index (χ1v) is 8.36. The van der Waals surface area contributed by atoms with Crippen LogP contribution in [-0.4, -0.2) is 18.2 Å². The Kier molecular flexibility index (Phi) is 6.15. The summed E-state index contributed by atoms with van der Waals surface area (Å²) >= 11 is 7.62. The summed E-state index contributed by atoms with van der Waals surface area (Å²) in [5.74, 6) is 1.82. The van der Waals surface area contributed by atoms with Crippen LogP contribution in [0.4, 0.5) is 0 Å². The van der Waals surface area contributed by atoms with Crippen molar-refractivity contribution in [2.45, 2.75) is 12.7 Å². The monoisotopic (exact) mass is 319 g/mol. The average Bonchev–Trinajstić information content (AvgIpc) is 2.49. The molecule has 0 aliphatic carbocycles. The van der Waals surface area contributed by atoms with Crippen molar-refractivity contribution in [2.24, 2.45) is 0 Å². The molecule has 0 atom stereocenters.